The van der Waals surface area contributed by atoms with Gasteiger partial charge in [-0.3, -0.25) is 4.90 Å². The van der Waals surface area contributed by atoms with Gasteiger partial charge in [-0.25, -0.2) is 13.6 Å². The number of carbonyl (C=O) groups is 2. The molecule has 1 unspecified atom stereocenters. The van der Waals surface area contributed by atoms with E-state index in [0.717, 1.165) is 11.0 Å². The molecule has 0 fully saturated rings. The minimum absolute atomic E-state index is 0.0856. The molecule has 0 spiro atoms. The summed E-state index contributed by atoms with van der Waals surface area (Å²) in [6, 6.07) is 1.11. The molecule has 0 bridgehead atoms. The standard InChI is InChI=1S/C16H22F2N2O3/c1-16(2,3)23-15(22)20(6)12(9-21)10-7-8-11(17)13(18)14(10)19(4)5/h7-9,12H,1-6H3. The number of ether oxygens (including phenoxy) is 1. The van der Waals surface area contributed by atoms with Crippen molar-refractivity contribution in [3.05, 3.63) is 29.3 Å². The molecular formula is C16H22F2N2O3. The first-order valence-electron chi connectivity index (χ1n) is 7.06. The summed E-state index contributed by atoms with van der Waals surface area (Å²) in [6.45, 7) is 5.08. The topological polar surface area (TPSA) is 49.9 Å². The van der Waals surface area contributed by atoms with Crippen molar-refractivity contribution in [2.24, 2.45) is 0 Å². The van der Waals surface area contributed by atoms with Crippen LogP contribution in [0, 0.1) is 11.6 Å². The normalized spacial score (nSPS) is 12.5. The number of benzene rings is 1. The molecule has 1 atom stereocenters. The Balaban J connectivity index is 3.28. The molecular weight excluding hydrogens is 306 g/mol. The fourth-order valence-electron chi connectivity index (χ4n) is 2.07. The van der Waals surface area contributed by atoms with Crippen LogP contribution in [0.25, 0.3) is 0 Å². The highest BCUT2D eigenvalue weighted by Crippen LogP contribution is 2.32. The van der Waals surface area contributed by atoms with E-state index in [2.05, 4.69) is 0 Å². The van der Waals surface area contributed by atoms with E-state index in [0.29, 0.717) is 6.29 Å². The smallest absolute Gasteiger partial charge is 0.410 e. The number of hydrogen-bond donors (Lipinski definition) is 0. The third kappa shape index (κ3) is 4.40. The Hall–Kier alpha value is -2.18. The van der Waals surface area contributed by atoms with Crippen LogP contribution in [-0.2, 0) is 9.53 Å². The Bertz CT molecular complexity index is 598. The first-order chi connectivity index (χ1) is 10.5. The lowest BCUT2D eigenvalue weighted by Crippen LogP contribution is -2.37. The summed E-state index contributed by atoms with van der Waals surface area (Å²) in [7, 11) is 4.42. The van der Waals surface area contributed by atoms with Gasteiger partial charge < -0.3 is 14.4 Å². The van der Waals surface area contributed by atoms with Crippen molar-refractivity contribution in [2.45, 2.75) is 32.4 Å². The molecule has 1 aromatic carbocycles. The number of likely N-dealkylation sites (N-methyl/N-ethyl adjacent to an activating group) is 1. The van der Waals surface area contributed by atoms with Gasteiger partial charge in [-0.1, -0.05) is 6.07 Å². The Labute approximate surface area is 134 Å². The summed E-state index contributed by atoms with van der Waals surface area (Å²) in [5.74, 6) is -2.10. The molecule has 1 amide bonds. The number of amides is 1. The molecule has 0 aromatic heterocycles. The van der Waals surface area contributed by atoms with E-state index in [1.165, 1.54) is 32.1 Å². The Kier molecular flexibility index (Phi) is 5.69. The minimum atomic E-state index is -1.10. The van der Waals surface area contributed by atoms with Crippen LogP contribution in [-0.4, -0.2) is 44.0 Å². The summed E-state index contributed by atoms with van der Waals surface area (Å²) in [6.07, 6.45) is -0.243. The second kappa shape index (κ2) is 6.93. The summed E-state index contributed by atoms with van der Waals surface area (Å²) in [5.41, 5.74) is -0.647. The molecule has 0 saturated carbocycles. The molecule has 128 valence electrons. The zero-order chi connectivity index (χ0) is 17.9. The third-order valence-corrected chi connectivity index (χ3v) is 3.09. The van der Waals surface area contributed by atoms with E-state index < -0.39 is 29.4 Å². The van der Waals surface area contributed by atoms with Crippen molar-refractivity contribution < 1.29 is 23.1 Å². The van der Waals surface area contributed by atoms with Crippen LogP contribution in [0.4, 0.5) is 19.3 Å². The van der Waals surface area contributed by atoms with Crippen molar-refractivity contribution in [3.8, 4) is 0 Å². The van der Waals surface area contributed by atoms with Gasteiger partial charge >= 0.3 is 6.09 Å². The number of halogens is 2. The number of hydrogen-bond acceptors (Lipinski definition) is 4. The van der Waals surface area contributed by atoms with Gasteiger partial charge in [-0.15, -0.1) is 0 Å². The molecule has 1 rings (SSSR count). The van der Waals surface area contributed by atoms with E-state index in [9.17, 15) is 18.4 Å². The number of anilines is 1. The molecule has 5 nitrogen and oxygen atoms in total. The average Bonchev–Trinajstić information content (AvgIpc) is 2.41. The SMILES string of the molecule is CN(C)c1c(C(C=O)N(C)C(=O)OC(C)(C)C)ccc(F)c1F. The second-order valence-corrected chi connectivity index (χ2v) is 6.37. The van der Waals surface area contributed by atoms with E-state index in [1.807, 2.05) is 0 Å². The molecule has 7 heteroatoms. The highest BCUT2D eigenvalue weighted by molar-refractivity contribution is 5.77. The lowest BCUT2D eigenvalue weighted by molar-refractivity contribution is -0.112. The zero-order valence-electron chi connectivity index (χ0n) is 14.2. The monoisotopic (exact) mass is 328 g/mol. The van der Waals surface area contributed by atoms with Gasteiger partial charge in [0.25, 0.3) is 0 Å². The van der Waals surface area contributed by atoms with Crippen molar-refractivity contribution in [3.63, 3.8) is 0 Å². The molecule has 0 aliphatic heterocycles. The highest BCUT2D eigenvalue weighted by Gasteiger charge is 2.30. The lowest BCUT2D eigenvalue weighted by atomic mass is 10.0. The van der Waals surface area contributed by atoms with Crippen molar-refractivity contribution in [1.29, 1.82) is 0 Å². The van der Waals surface area contributed by atoms with Gasteiger partial charge in [-0.2, -0.15) is 0 Å². The summed E-state index contributed by atoms with van der Waals surface area (Å²) in [5, 5.41) is 0. The first kappa shape index (κ1) is 18.9. The maximum atomic E-state index is 14.1. The van der Waals surface area contributed by atoms with Crippen LogP contribution in [0.5, 0.6) is 0 Å². The minimum Gasteiger partial charge on any atom is -0.444 e. The van der Waals surface area contributed by atoms with Crippen molar-refractivity contribution >= 4 is 18.1 Å². The van der Waals surface area contributed by atoms with Crippen LogP contribution in [0.3, 0.4) is 0 Å². The predicted octanol–water partition coefficient (Wildman–Crippen LogP) is 3.14. The highest BCUT2D eigenvalue weighted by atomic mass is 19.2. The van der Waals surface area contributed by atoms with E-state index >= 15 is 0 Å². The zero-order valence-corrected chi connectivity index (χ0v) is 14.2. The Morgan fingerprint density at radius 3 is 2.22 bits per heavy atom. The predicted molar refractivity (Wildman–Crippen MR) is 83.5 cm³/mol. The lowest BCUT2D eigenvalue weighted by Gasteiger charge is -2.30. The largest absolute Gasteiger partial charge is 0.444 e. The van der Waals surface area contributed by atoms with Crippen molar-refractivity contribution in [2.75, 3.05) is 26.0 Å². The van der Waals surface area contributed by atoms with Crippen LogP contribution in [0.15, 0.2) is 12.1 Å². The fourth-order valence-corrected chi connectivity index (χ4v) is 2.07. The van der Waals surface area contributed by atoms with Gasteiger partial charge in [0.15, 0.2) is 11.6 Å². The van der Waals surface area contributed by atoms with Gasteiger partial charge in [0, 0.05) is 26.7 Å². The molecule has 0 aliphatic rings. The molecule has 23 heavy (non-hydrogen) atoms. The fraction of sp³-hybridized carbons (Fsp3) is 0.500. The van der Waals surface area contributed by atoms with Crippen LogP contribution in [0.1, 0.15) is 32.4 Å². The van der Waals surface area contributed by atoms with E-state index in [4.69, 9.17) is 4.74 Å². The maximum absolute atomic E-state index is 14.1. The van der Waals surface area contributed by atoms with E-state index in [1.54, 1.807) is 20.8 Å². The molecule has 0 N–H and O–H groups in total. The number of carbonyl (C=O) groups excluding carboxylic acids is 2. The van der Waals surface area contributed by atoms with Crippen molar-refractivity contribution in [1.82, 2.24) is 4.90 Å². The molecule has 0 heterocycles. The average molecular weight is 328 g/mol. The number of rotatable bonds is 4. The van der Waals surface area contributed by atoms with Gasteiger partial charge in [0.1, 0.15) is 17.9 Å². The van der Waals surface area contributed by atoms with Gasteiger partial charge in [-0.05, 0) is 26.8 Å². The molecule has 0 saturated heterocycles. The maximum Gasteiger partial charge on any atom is 0.410 e. The number of aldehydes is 1. The molecule has 0 aliphatic carbocycles. The Morgan fingerprint density at radius 2 is 1.78 bits per heavy atom. The molecule has 1 aromatic rings. The first-order valence-corrected chi connectivity index (χ1v) is 7.06. The van der Waals surface area contributed by atoms with E-state index in [-0.39, 0.29) is 11.3 Å². The quantitative estimate of drug-likeness (QED) is 0.797. The van der Waals surface area contributed by atoms with Crippen LogP contribution in [0.2, 0.25) is 0 Å². The summed E-state index contributed by atoms with van der Waals surface area (Å²) < 4.78 is 32.8. The van der Waals surface area contributed by atoms with Crippen LogP contribution < -0.4 is 4.90 Å². The summed E-state index contributed by atoms with van der Waals surface area (Å²) in [4.78, 5) is 26.0. The van der Waals surface area contributed by atoms with Crippen LogP contribution >= 0.6 is 0 Å². The molecule has 0 radical (unpaired) electrons. The summed E-state index contributed by atoms with van der Waals surface area (Å²) >= 11 is 0. The number of nitrogens with zero attached hydrogens (tertiary/aromatic N) is 2. The van der Waals surface area contributed by atoms with Gasteiger partial charge in [0.2, 0.25) is 0 Å². The Morgan fingerprint density at radius 1 is 1.22 bits per heavy atom. The second-order valence-electron chi connectivity index (χ2n) is 6.37. The third-order valence-electron chi connectivity index (χ3n) is 3.09. The van der Waals surface area contributed by atoms with Gasteiger partial charge in [0.05, 0.1) is 5.69 Å².